The van der Waals surface area contributed by atoms with Crippen LogP contribution in [-0.4, -0.2) is 15.3 Å². The zero-order valence-corrected chi connectivity index (χ0v) is 7.19. The topological polar surface area (TPSA) is 86.7 Å². The highest BCUT2D eigenvalue weighted by Gasteiger charge is 2.18. The maximum Gasteiger partial charge on any atom is 0.165 e. The van der Waals surface area contributed by atoms with E-state index in [2.05, 4.69) is 0 Å². The molecule has 0 heterocycles. The minimum atomic E-state index is -0.595. The van der Waals surface area contributed by atoms with Gasteiger partial charge in [-0.25, -0.2) is 0 Å². The first-order valence-electron chi connectivity index (χ1n) is 2.84. The number of aromatic hydroxyl groups is 3. The lowest BCUT2D eigenvalue weighted by Crippen LogP contribution is -1.88. The van der Waals surface area contributed by atoms with Gasteiger partial charge in [0.05, 0.1) is 0 Å². The highest BCUT2D eigenvalue weighted by molar-refractivity contribution is 6.39. The lowest BCUT2D eigenvalue weighted by Gasteiger charge is -2.07. The van der Waals surface area contributed by atoms with Crippen molar-refractivity contribution in [2.45, 2.75) is 0 Å². The zero-order chi connectivity index (χ0) is 9.46. The lowest BCUT2D eigenvalue weighted by atomic mass is 10.2. The second-order valence-corrected chi connectivity index (χ2v) is 2.84. The molecule has 0 fully saturated rings. The van der Waals surface area contributed by atoms with Gasteiger partial charge in [0.2, 0.25) is 0 Å². The quantitative estimate of drug-likeness (QED) is 0.298. The van der Waals surface area contributed by atoms with Gasteiger partial charge in [-0.3, -0.25) is 0 Å². The second-order valence-electron chi connectivity index (χ2n) is 2.09. The van der Waals surface area contributed by atoms with E-state index in [1.165, 1.54) is 0 Å². The van der Waals surface area contributed by atoms with Crippen LogP contribution in [0, 0.1) is 0 Å². The van der Waals surface area contributed by atoms with Crippen LogP contribution in [0.25, 0.3) is 0 Å². The van der Waals surface area contributed by atoms with Crippen molar-refractivity contribution >= 4 is 28.9 Å². The molecule has 0 radical (unpaired) electrons. The summed E-state index contributed by atoms with van der Waals surface area (Å²) < 4.78 is 0. The molecule has 0 aliphatic carbocycles. The van der Waals surface area contributed by atoms with Gasteiger partial charge < -0.3 is 21.1 Å². The van der Waals surface area contributed by atoms with Gasteiger partial charge in [0.25, 0.3) is 0 Å². The van der Waals surface area contributed by atoms with Crippen LogP contribution in [0.2, 0.25) is 10.0 Å². The first kappa shape index (κ1) is 9.09. The fourth-order valence-corrected chi connectivity index (χ4v) is 1.11. The van der Waals surface area contributed by atoms with E-state index in [1.807, 2.05) is 0 Å². The minimum absolute atomic E-state index is 0.359. The van der Waals surface area contributed by atoms with Gasteiger partial charge >= 0.3 is 0 Å². The summed E-state index contributed by atoms with van der Waals surface area (Å²) in [6.07, 6.45) is 0. The normalized spacial score (nSPS) is 10.2. The Morgan fingerprint density at radius 3 is 1.50 bits per heavy atom. The molecular formula is C6H5Cl2NO3. The number of halogens is 2. The molecule has 5 N–H and O–H groups in total. The van der Waals surface area contributed by atoms with Crippen molar-refractivity contribution < 1.29 is 15.3 Å². The average Bonchev–Trinajstić information content (AvgIpc) is 2.08. The van der Waals surface area contributed by atoms with Crippen molar-refractivity contribution in [2.75, 3.05) is 5.73 Å². The van der Waals surface area contributed by atoms with Gasteiger partial charge in [-0.05, 0) is 0 Å². The third-order valence-electron chi connectivity index (χ3n) is 1.34. The van der Waals surface area contributed by atoms with Crippen LogP contribution in [0.5, 0.6) is 17.2 Å². The molecule has 0 bridgehead atoms. The van der Waals surface area contributed by atoms with E-state index in [-0.39, 0.29) is 15.7 Å². The number of hydrogen-bond donors (Lipinski definition) is 4. The predicted molar refractivity (Wildman–Crippen MR) is 45.9 cm³/mol. The van der Waals surface area contributed by atoms with Crippen LogP contribution >= 0.6 is 23.2 Å². The highest BCUT2D eigenvalue weighted by Crippen LogP contribution is 2.49. The molecule has 0 aliphatic heterocycles. The molecular weight excluding hydrogens is 205 g/mol. The molecule has 0 atom stereocenters. The molecule has 0 spiro atoms. The van der Waals surface area contributed by atoms with Crippen LogP contribution in [0.15, 0.2) is 0 Å². The summed E-state index contributed by atoms with van der Waals surface area (Å²) in [5.74, 6) is -1.77. The molecule has 6 heteroatoms. The molecule has 1 aromatic carbocycles. The van der Waals surface area contributed by atoms with Crippen molar-refractivity contribution in [1.82, 2.24) is 0 Å². The summed E-state index contributed by atoms with van der Waals surface area (Å²) in [4.78, 5) is 0. The SMILES string of the molecule is Nc1c(O)c(Cl)c(O)c(Cl)c1O. The number of hydrogen-bond acceptors (Lipinski definition) is 4. The number of anilines is 1. The van der Waals surface area contributed by atoms with Crippen LogP contribution in [0.3, 0.4) is 0 Å². The predicted octanol–water partition coefficient (Wildman–Crippen LogP) is 1.69. The monoisotopic (exact) mass is 209 g/mol. The third kappa shape index (κ3) is 1.09. The number of phenols is 3. The second kappa shape index (κ2) is 2.80. The fraction of sp³-hybridized carbons (Fsp3) is 0. The Kier molecular flexibility index (Phi) is 2.12. The first-order valence-corrected chi connectivity index (χ1v) is 3.59. The largest absolute Gasteiger partial charge is 0.505 e. The summed E-state index contributed by atoms with van der Waals surface area (Å²) >= 11 is 10.8. The van der Waals surface area contributed by atoms with Crippen LogP contribution in [0.4, 0.5) is 5.69 Å². The van der Waals surface area contributed by atoms with Crippen molar-refractivity contribution in [3.8, 4) is 17.2 Å². The molecule has 12 heavy (non-hydrogen) atoms. The molecule has 1 aromatic rings. The van der Waals surface area contributed by atoms with Gasteiger partial charge in [0.1, 0.15) is 15.7 Å². The highest BCUT2D eigenvalue weighted by atomic mass is 35.5. The van der Waals surface area contributed by atoms with E-state index in [1.54, 1.807) is 0 Å². The van der Waals surface area contributed by atoms with Crippen molar-refractivity contribution in [3.63, 3.8) is 0 Å². The minimum Gasteiger partial charge on any atom is -0.505 e. The summed E-state index contributed by atoms with van der Waals surface area (Å²) in [7, 11) is 0. The number of benzene rings is 1. The Hall–Kier alpha value is -1.00. The molecule has 0 amide bonds. The first-order chi connectivity index (χ1) is 5.46. The zero-order valence-electron chi connectivity index (χ0n) is 5.67. The van der Waals surface area contributed by atoms with Gasteiger partial charge in [0, 0.05) is 0 Å². The molecule has 0 saturated carbocycles. The third-order valence-corrected chi connectivity index (χ3v) is 2.06. The number of nitrogen functional groups attached to an aromatic ring is 1. The number of phenolic OH excluding ortho intramolecular Hbond substituents is 3. The van der Waals surface area contributed by atoms with E-state index in [0.717, 1.165) is 0 Å². The van der Waals surface area contributed by atoms with E-state index < -0.39 is 17.2 Å². The van der Waals surface area contributed by atoms with E-state index in [4.69, 9.17) is 44.3 Å². The Labute approximate surface area is 77.8 Å². The Morgan fingerprint density at radius 1 is 0.833 bits per heavy atom. The van der Waals surface area contributed by atoms with Crippen molar-refractivity contribution in [2.24, 2.45) is 0 Å². The Morgan fingerprint density at radius 2 is 1.17 bits per heavy atom. The van der Waals surface area contributed by atoms with Crippen LogP contribution in [-0.2, 0) is 0 Å². The lowest BCUT2D eigenvalue weighted by molar-refractivity contribution is 0.432. The standard InChI is InChI=1S/C6H5Cl2NO3/c7-1-4(10)2(8)6(12)3(9)5(1)11/h10-12H,9H2. The van der Waals surface area contributed by atoms with Crippen molar-refractivity contribution in [3.05, 3.63) is 10.0 Å². The maximum absolute atomic E-state index is 9.06. The summed E-state index contributed by atoms with van der Waals surface area (Å²) in [5.41, 5.74) is 4.81. The van der Waals surface area contributed by atoms with Gasteiger partial charge in [-0.1, -0.05) is 23.2 Å². The molecule has 0 aromatic heterocycles. The van der Waals surface area contributed by atoms with Crippen LogP contribution < -0.4 is 5.73 Å². The van der Waals surface area contributed by atoms with Crippen LogP contribution in [0.1, 0.15) is 0 Å². The smallest absolute Gasteiger partial charge is 0.165 e. The fourth-order valence-electron chi connectivity index (χ4n) is 0.669. The van der Waals surface area contributed by atoms with Gasteiger partial charge in [-0.2, -0.15) is 0 Å². The van der Waals surface area contributed by atoms with Gasteiger partial charge in [-0.15, -0.1) is 0 Å². The molecule has 1 rings (SSSR count). The van der Waals surface area contributed by atoms with Crippen molar-refractivity contribution in [1.29, 1.82) is 0 Å². The molecule has 4 nitrogen and oxygen atoms in total. The summed E-state index contributed by atoms with van der Waals surface area (Å²) in [5, 5.41) is 26.4. The number of nitrogens with two attached hydrogens (primary N) is 1. The van der Waals surface area contributed by atoms with E-state index in [0.29, 0.717) is 0 Å². The summed E-state index contributed by atoms with van der Waals surface area (Å²) in [6, 6.07) is 0. The molecule has 0 unspecified atom stereocenters. The Bertz CT molecular complexity index is 235. The van der Waals surface area contributed by atoms with Gasteiger partial charge in [0.15, 0.2) is 17.2 Å². The molecule has 66 valence electrons. The molecule has 0 saturated heterocycles. The van der Waals surface area contributed by atoms with E-state index >= 15 is 0 Å². The number of rotatable bonds is 0. The Balaban J connectivity index is 3.60. The average molecular weight is 210 g/mol. The summed E-state index contributed by atoms with van der Waals surface area (Å²) in [6.45, 7) is 0. The molecule has 0 aliphatic rings. The van der Waals surface area contributed by atoms with E-state index in [9.17, 15) is 0 Å². The maximum atomic E-state index is 9.06.